The first kappa shape index (κ1) is 18.6. The molecular formula is C27H22N4O. The normalized spacial score (nSPS) is 12.5. The smallest absolute Gasteiger partial charge is 0.136 e. The van der Waals surface area contributed by atoms with Gasteiger partial charge in [-0.3, -0.25) is 10.2 Å². The molecule has 1 unspecified atom stereocenters. The third-order valence-corrected chi connectivity index (χ3v) is 6.19. The number of nitrogens with zero attached hydrogens (tertiary/aromatic N) is 2. The maximum absolute atomic E-state index is 6.12. The summed E-state index contributed by atoms with van der Waals surface area (Å²) in [5, 5.41) is 17.8. The van der Waals surface area contributed by atoms with Gasteiger partial charge in [0.15, 0.2) is 0 Å². The number of nitrogens with one attached hydrogen (secondary N) is 2. The van der Waals surface area contributed by atoms with E-state index in [4.69, 9.17) is 9.52 Å². The van der Waals surface area contributed by atoms with Crippen molar-refractivity contribution < 1.29 is 4.42 Å². The Bertz CT molecular complexity index is 1520. The molecular weight excluding hydrogens is 396 g/mol. The quantitative estimate of drug-likeness (QED) is 0.320. The van der Waals surface area contributed by atoms with E-state index >= 15 is 0 Å². The lowest BCUT2D eigenvalue weighted by molar-refractivity contribution is 0.669. The highest BCUT2D eigenvalue weighted by Gasteiger charge is 2.26. The second-order valence-corrected chi connectivity index (χ2v) is 7.97. The van der Waals surface area contributed by atoms with Crippen molar-refractivity contribution in [3.05, 3.63) is 96.6 Å². The highest BCUT2D eigenvalue weighted by Crippen LogP contribution is 2.41. The van der Waals surface area contributed by atoms with E-state index in [2.05, 4.69) is 64.7 Å². The summed E-state index contributed by atoms with van der Waals surface area (Å²) in [4.78, 5) is 0. The zero-order valence-corrected chi connectivity index (χ0v) is 17.7. The average molecular weight is 419 g/mol. The van der Waals surface area contributed by atoms with E-state index in [1.54, 1.807) is 0 Å². The maximum Gasteiger partial charge on any atom is 0.136 e. The van der Waals surface area contributed by atoms with Crippen molar-refractivity contribution in [1.82, 2.24) is 20.4 Å². The van der Waals surface area contributed by atoms with Gasteiger partial charge in [-0.15, -0.1) is 0 Å². The van der Waals surface area contributed by atoms with Crippen LogP contribution in [0.25, 0.3) is 44.2 Å². The van der Waals surface area contributed by atoms with Crippen molar-refractivity contribution >= 4 is 21.9 Å². The Labute approximate surface area is 185 Å². The summed E-state index contributed by atoms with van der Waals surface area (Å²) >= 11 is 0. The molecule has 156 valence electrons. The number of rotatable bonds is 5. The Morgan fingerprint density at radius 1 is 0.719 bits per heavy atom. The van der Waals surface area contributed by atoms with E-state index in [1.807, 2.05) is 42.7 Å². The fourth-order valence-electron chi connectivity index (χ4n) is 4.71. The summed E-state index contributed by atoms with van der Waals surface area (Å²) in [5.41, 5.74) is 8.24. The molecule has 0 fully saturated rings. The largest absolute Gasteiger partial charge is 0.456 e. The summed E-state index contributed by atoms with van der Waals surface area (Å²) < 4.78 is 6.12. The molecule has 3 aromatic carbocycles. The van der Waals surface area contributed by atoms with Gasteiger partial charge in [0.25, 0.3) is 0 Å². The van der Waals surface area contributed by atoms with Crippen molar-refractivity contribution in [3.63, 3.8) is 0 Å². The summed E-state index contributed by atoms with van der Waals surface area (Å²) in [6, 6.07) is 24.8. The van der Waals surface area contributed by atoms with E-state index < -0.39 is 0 Å². The molecule has 0 saturated carbocycles. The molecule has 6 aromatic rings. The molecule has 5 heteroatoms. The maximum atomic E-state index is 6.12. The molecule has 3 heterocycles. The molecule has 0 amide bonds. The van der Waals surface area contributed by atoms with E-state index in [9.17, 15) is 0 Å². The van der Waals surface area contributed by atoms with Gasteiger partial charge in [-0.25, -0.2) is 0 Å². The molecule has 1 atom stereocenters. The zero-order valence-electron chi connectivity index (χ0n) is 17.7. The summed E-state index contributed by atoms with van der Waals surface area (Å²) in [7, 11) is 0. The summed E-state index contributed by atoms with van der Waals surface area (Å²) in [6.45, 7) is 2.18. The van der Waals surface area contributed by atoms with Crippen LogP contribution in [-0.2, 0) is 0 Å². The second-order valence-electron chi connectivity index (χ2n) is 7.97. The van der Waals surface area contributed by atoms with Crippen LogP contribution in [0.15, 0.2) is 89.6 Å². The van der Waals surface area contributed by atoms with Gasteiger partial charge in [0, 0.05) is 40.2 Å². The number of hydrogen-bond acceptors (Lipinski definition) is 3. The first-order valence-electron chi connectivity index (χ1n) is 10.9. The van der Waals surface area contributed by atoms with Crippen molar-refractivity contribution in [1.29, 1.82) is 0 Å². The Balaban J connectivity index is 1.53. The number of para-hydroxylation sites is 1. The predicted molar refractivity (Wildman–Crippen MR) is 127 cm³/mol. The molecule has 0 spiro atoms. The highest BCUT2D eigenvalue weighted by atomic mass is 16.3. The zero-order chi connectivity index (χ0) is 21.5. The molecule has 0 bridgehead atoms. The van der Waals surface area contributed by atoms with E-state index in [0.29, 0.717) is 0 Å². The number of fused-ring (bicyclic) bond motifs is 3. The molecule has 6 rings (SSSR count). The number of hydrogen-bond donors (Lipinski definition) is 2. The highest BCUT2D eigenvalue weighted by molar-refractivity contribution is 6.12. The summed E-state index contributed by atoms with van der Waals surface area (Å²) in [6.07, 6.45) is 4.85. The lowest BCUT2D eigenvalue weighted by atomic mass is 9.88. The number of aromatic nitrogens is 4. The van der Waals surface area contributed by atoms with Gasteiger partial charge in [0.1, 0.15) is 11.2 Å². The van der Waals surface area contributed by atoms with Crippen LogP contribution in [0.2, 0.25) is 0 Å². The number of furan rings is 1. The van der Waals surface area contributed by atoms with Gasteiger partial charge in [-0.05, 0) is 29.7 Å². The molecule has 0 aliphatic carbocycles. The minimum Gasteiger partial charge on any atom is -0.456 e. The minimum atomic E-state index is 0.0473. The van der Waals surface area contributed by atoms with Crippen LogP contribution in [0.1, 0.15) is 30.7 Å². The molecule has 0 aliphatic rings. The molecule has 0 aliphatic heterocycles. The SMILES string of the molecule is CCC(c1n[nH]cc1-c1ccccc1)c1n[nH]cc1-c1cccc2oc3ccccc3c12. The van der Waals surface area contributed by atoms with Gasteiger partial charge in [-0.2, -0.15) is 10.2 Å². The predicted octanol–water partition coefficient (Wildman–Crippen LogP) is 6.91. The van der Waals surface area contributed by atoms with Gasteiger partial charge in [0.2, 0.25) is 0 Å². The first-order chi connectivity index (χ1) is 15.8. The standard InChI is InChI=1S/C27H22N4O/c1-2-18(26-21(15-28-30-26)17-9-4-3-5-10-17)27-22(16-29-31-27)19-12-8-14-24-25(19)20-11-6-7-13-23(20)32-24/h3-16,18H,2H2,1H3,(H,28,30)(H,29,31). The number of aromatic amines is 2. The third-order valence-electron chi connectivity index (χ3n) is 6.19. The van der Waals surface area contributed by atoms with Gasteiger partial charge in [-0.1, -0.05) is 67.6 Å². The van der Waals surface area contributed by atoms with Crippen LogP contribution >= 0.6 is 0 Å². The Kier molecular flexibility index (Phi) is 4.39. The molecule has 0 saturated heterocycles. The van der Waals surface area contributed by atoms with Crippen molar-refractivity contribution in [2.45, 2.75) is 19.3 Å². The van der Waals surface area contributed by atoms with E-state index in [1.165, 1.54) is 0 Å². The Morgan fingerprint density at radius 3 is 2.22 bits per heavy atom. The monoisotopic (exact) mass is 418 g/mol. The topological polar surface area (TPSA) is 70.5 Å². The van der Waals surface area contributed by atoms with Gasteiger partial charge < -0.3 is 4.42 Å². The molecule has 2 N–H and O–H groups in total. The van der Waals surface area contributed by atoms with Crippen molar-refractivity contribution in [2.75, 3.05) is 0 Å². The van der Waals surface area contributed by atoms with Crippen LogP contribution in [-0.4, -0.2) is 20.4 Å². The third kappa shape index (κ3) is 2.86. The molecule has 5 nitrogen and oxygen atoms in total. The van der Waals surface area contributed by atoms with Gasteiger partial charge >= 0.3 is 0 Å². The van der Waals surface area contributed by atoms with E-state index in [0.717, 1.165) is 62.0 Å². The fourth-order valence-corrected chi connectivity index (χ4v) is 4.71. The number of H-pyrrole nitrogens is 2. The van der Waals surface area contributed by atoms with E-state index in [-0.39, 0.29) is 5.92 Å². The Hall–Kier alpha value is -4.12. The van der Waals surface area contributed by atoms with Crippen LogP contribution in [0.3, 0.4) is 0 Å². The molecule has 3 aromatic heterocycles. The van der Waals surface area contributed by atoms with Crippen molar-refractivity contribution in [3.8, 4) is 22.3 Å². The van der Waals surface area contributed by atoms with Crippen LogP contribution in [0, 0.1) is 0 Å². The number of benzene rings is 3. The Morgan fingerprint density at radius 2 is 1.41 bits per heavy atom. The first-order valence-corrected chi connectivity index (χ1v) is 10.9. The van der Waals surface area contributed by atoms with Crippen molar-refractivity contribution in [2.24, 2.45) is 0 Å². The second kappa shape index (κ2) is 7.54. The van der Waals surface area contributed by atoms with Crippen LogP contribution in [0.5, 0.6) is 0 Å². The summed E-state index contributed by atoms with van der Waals surface area (Å²) in [5.74, 6) is 0.0473. The molecule has 32 heavy (non-hydrogen) atoms. The van der Waals surface area contributed by atoms with Gasteiger partial charge in [0.05, 0.1) is 11.4 Å². The van der Waals surface area contributed by atoms with Crippen LogP contribution in [0.4, 0.5) is 0 Å². The minimum absolute atomic E-state index is 0.0473. The lowest BCUT2D eigenvalue weighted by Gasteiger charge is -2.15. The average Bonchev–Trinajstić information content (AvgIpc) is 3.59. The van der Waals surface area contributed by atoms with Crippen LogP contribution < -0.4 is 0 Å². The molecule has 0 radical (unpaired) electrons. The lowest BCUT2D eigenvalue weighted by Crippen LogP contribution is -2.04. The fraction of sp³-hybridized carbons (Fsp3) is 0.111.